The van der Waals surface area contributed by atoms with Crippen LogP contribution in [0.1, 0.15) is 0 Å². The molecule has 0 amide bonds. The molecule has 0 bridgehead atoms. The van der Waals surface area contributed by atoms with Gasteiger partial charge in [0.1, 0.15) is 0 Å². The molecule has 0 aliphatic carbocycles. The second kappa shape index (κ2) is 2.11. The van der Waals surface area contributed by atoms with Crippen LogP contribution in [0.25, 0.3) is 10.4 Å². The number of hydrogen-bond acceptors (Lipinski definition) is 2. The van der Waals surface area contributed by atoms with Crippen LogP contribution in [-0.2, 0) is 0 Å². The van der Waals surface area contributed by atoms with Crippen LogP contribution in [0.2, 0.25) is 0 Å². The maximum absolute atomic E-state index is 7.94. The quantitative estimate of drug-likeness (QED) is 0.222. The Labute approximate surface area is 34.3 Å². The van der Waals surface area contributed by atoms with Crippen molar-refractivity contribution in [1.82, 2.24) is 0 Å². The first kappa shape index (κ1) is 4.85. The minimum Gasteiger partial charge on any atom is -0.507 e. The monoisotopic (exact) mass is 85.0 g/mol. The lowest BCUT2D eigenvalue weighted by molar-refractivity contribution is 0.408. The van der Waals surface area contributed by atoms with Crippen LogP contribution in [0.5, 0.6) is 0 Å². The number of rotatable bonds is 1. The molecule has 32 valence electrons. The predicted octanol–water partition coefficient (Wildman–Crippen LogP) is 1.33. The Morgan fingerprint density at radius 3 is 2.50 bits per heavy atom. The zero-order valence-electron chi connectivity index (χ0n) is 3.00. The second-order valence-electron chi connectivity index (χ2n) is 0.606. The largest absolute Gasteiger partial charge is 0.507 e. The molecule has 0 spiro atoms. The van der Waals surface area contributed by atoms with Crippen molar-refractivity contribution >= 4 is 0 Å². The van der Waals surface area contributed by atoms with E-state index >= 15 is 0 Å². The van der Waals surface area contributed by atoms with Gasteiger partial charge in [-0.25, -0.2) is 0 Å². The van der Waals surface area contributed by atoms with Crippen molar-refractivity contribution < 1.29 is 5.11 Å². The van der Waals surface area contributed by atoms with Crippen molar-refractivity contribution in [2.75, 3.05) is 0 Å². The van der Waals surface area contributed by atoms with Gasteiger partial charge in [0.25, 0.3) is 0 Å². The Balaban J connectivity index is 3.60. The molecule has 0 heterocycles. The van der Waals surface area contributed by atoms with E-state index in [9.17, 15) is 0 Å². The second-order valence-corrected chi connectivity index (χ2v) is 0.606. The normalized spacial score (nSPS) is 6.00. The van der Waals surface area contributed by atoms with Crippen LogP contribution >= 0.6 is 0 Å². The summed E-state index contributed by atoms with van der Waals surface area (Å²) in [6.45, 7) is 2.88. The number of aliphatic hydroxyl groups is 1. The molecule has 0 aliphatic rings. The predicted molar refractivity (Wildman–Crippen MR) is 20.9 cm³/mol. The summed E-state index contributed by atoms with van der Waals surface area (Å²) in [7, 11) is 0. The summed E-state index contributed by atoms with van der Waals surface area (Å²) in [5, 5.41) is 10.6. The van der Waals surface area contributed by atoms with Gasteiger partial charge in [-0.05, 0) is 10.6 Å². The van der Waals surface area contributed by atoms with Crippen molar-refractivity contribution in [3.8, 4) is 0 Å². The third-order valence-corrected chi connectivity index (χ3v) is 0.160. The highest BCUT2D eigenvalue weighted by Crippen LogP contribution is 1.79. The molecule has 1 N–H and O–H groups in total. The van der Waals surface area contributed by atoms with E-state index in [-0.39, 0.29) is 0 Å². The van der Waals surface area contributed by atoms with Crippen molar-refractivity contribution in [2.24, 2.45) is 5.11 Å². The van der Waals surface area contributed by atoms with Crippen molar-refractivity contribution in [2.45, 2.75) is 0 Å². The molecule has 0 aliphatic heterocycles. The lowest BCUT2D eigenvalue weighted by Gasteiger charge is -1.71. The molecule has 0 saturated heterocycles. The summed E-state index contributed by atoms with van der Waals surface area (Å²) >= 11 is 0. The van der Waals surface area contributed by atoms with Gasteiger partial charge in [-0.3, -0.25) is 0 Å². The van der Waals surface area contributed by atoms with Crippen LogP contribution < -0.4 is 0 Å². The summed E-state index contributed by atoms with van der Waals surface area (Å²) in [4.78, 5) is 2.21. The van der Waals surface area contributed by atoms with Gasteiger partial charge in [-0.2, -0.15) is 0 Å². The standard InChI is InChI=1S/C2H3N3O/c1-2(6)4-5-3/h6H,1H2. The minimum atomic E-state index is -0.502. The smallest absolute Gasteiger partial charge is 0.172 e. The van der Waals surface area contributed by atoms with Crippen LogP contribution in [0.15, 0.2) is 17.6 Å². The Morgan fingerprint density at radius 1 is 2.00 bits per heavy atom. The number of azide groups is 1. The Kier molecular flexibility index (Phi) is 1.71. The Morgan fingerprint density at radius 2 is 2.50 bits per heavy atom. The van der Waals surface area contributed by atoms with Gasteiger partial charge in [0.2, 0.25) is 0 Å². The van der Waals surface area contributed by atoms with Crippen molar-refractivity contribution in [3.05, 3.63) is 22.9 Å². The molecule has 6 heavy (non-hydrogen) atoms. The SMILES string of the molecule is C=C(O)N=[N+]=[N-]. The lowest BCUT2D eigenvalue weighted by atomic mass is 11.0. The van der Waals surface area contributed by atoms with E-state index in [0.29, 0.717) is 0 Å². The average Bonchev–Trinajstić information content (AvgIpc) is 1.35. The van der Waals surface area contributed by atoms with Crippen molar-refractivity contribution in [3.63, 3.8) is 0 Å². The highest BCUT2D eigenvalue weighted by molar-refractivity contribution is 4.73. The minimum absolute atomic E-state index is 0.502. The van der Waals surface area contributed by atoms with E-state index in [1.807, 2.05) is 0 Å². The van der Waals surface area contributed by atoms with E-state index < -0.39 is 5.88 Å². The molecule has 0 unspecified atom stereocenters. The highest BCUT2D eigenvalue weighted by Gasteiger charge is 1.67. The first-order valence-corrected chi connectivity index (χ1v) is 1.20. The fraction of sp³-hybridized carbons (Fsp3) is 0. The number of aliphatic hydroxyl groups excluding tert-OH is 1. The van der Waals surface area contributed by atoms with Crippen LogP contribution in [-0.4, -0.2) is 5.11 Å². The van der Waals surface area contributed by atoms with Gasteiger partial charge >= 0.3 is 0 Å². The summed E-state index contributed by atoms with van der Waals surface area (Å²) in [6.07, 6.45) is 0. The maximum Gasteiger partial charge on any atom is 0.172 e. The first-order valence-electron chi connectivity index (χ1n) is 1.20. The van der Waals surface area contributed by atoms with Gasteiger partial charge in [-0.1, -0.05) is 6.58 Å². The van der Waals surface area contributed by atoms with E-state index in [0.717, 1.165) is 0 Å². The van der Waals surface area contributed by atoms with E-state index in [4.69, 9.17) is 10.6 Å². The fourth-order valence-corrected chi connectivity index (χ4v) is 0.0516. The third-order valence-electron chi connectivity index (χ3n) is 0.160. The van der Waals surface area contributed by atoms with E-state index in [2.05, 4.69) is 16.6 Å². The summed E-state index contributed by atoms with van der Waals surface area (Å²) in [5.41, 5.74) is 7.47. The molecule has 0 saturated carbocycles. The molecule has 0 aromatic rings. The molecule has 0 rings (SSSR count). The molecule has 0 fully saturated rings. The molecular formula is C2H3N3O. The summed E-state index contributed by atoms with van der Waals surface area (Å²) in [6, 6.07) is 0. The van der Waals surface area contributed by atoms with Crippen LogP contribution in [0, 0.1) is 0 Å². The number of hydrogen-bond donors (Lipinski definition) is 1. The molecule has 4 heteroatoms. The van der Waals surface area contributed by atoms with Gasteiger partial charge < -0.3 is 5.11 Å². The molecule has 0 atom stereocenters. The Hall–Kier alpha value is -1.15. The highest BCUT2D eigenvalue weighted by atomic mass is 16.3. The van der Waals surface area contributed by atoms with Crippen LogP contribution in [0.3, 0.4) is 0 Å². The van der Waals surface area contributed by atoms with Gasteiger partial charge in [-0.15, -0.1) is 0 Å². The van der Waals surface area contributed by atoms with Gasteiger partial charge in [0, 0.05) is 4.91 Å². The summed E-state index contributed by atoms with van der Waals surface area (Å²) in [5.74, 6) is -0.502. The van der Waals surface area contributed by atoms with Crippen LogP contribution in [0.4, 0.5) is 0 Å². The van der Waals surface area contributed by atoms with E-state index in [1.54, 1.807) is 0 Å². The zero-order chi connectivity index (χ0) is 4.99. The van der Waals surface area contributed by atoms with Crippen molar-refractivity contribution in [1.29, 1.82) is 0 Å². The topological polar surface area (TPSA) is 69.0 Å². The zero-order valence-corrected chi connectivity index (χ0v) is 3.00. The first-order chi connectivity index (χ1) is 2.77. The van der Waals surface area contributed by atoms with Gasteiger partial charge in [0.15, 0.2) is 5.88 Å². The third kappa shape index (κ3) is 2.85. The molecule has 0 aromatic heterocycles. The summed E-state index contributed by atoms with van der Waals surface area (Å²) < 4.78 is 0. The Bertz CT molecular complexity index is 101. The molecule has 0 radical (unpaired) electrons. The maximum atomic E-state index is 7.94. The molecule has 0 aromatic carbocycles. The molecular weight excluding hydrogens is 82.0 g/mol. The average molecular weight is 85.1 g/mol. The van der Waals surface area contributed by atoms with E-state index in [1.165, 1.54) is 0 Å². The molecule has 4 nitrogen and oxygen atoms in total. The number of nitrogens with zero attached hydrogens (tertiary/aromatic N) is 3. The lowest BCUT2D eigenvalue weighted by Crippen LogP contribution is -1.59. The fourth-order valence-electron chi connectivity index (χ4n) is 0.0516. The van der Waals surface area contributed by atoms with Gasteiger partial charge in [0.05, 0.1) is 0 Å².